The van der Waals surface area contributed by atoms with E-state index in [0.717, 1.165) is 89.9 Å². The van der Waals surface area contributed by atoms with Crippen LogP contribution in [-0.2, 0) is 27.9 Å². The molecule has 0 aromatic rings. The molecule has 0 aliphatic rings. The summed E-state index contributed by atoms with van der Waals surface area (Å²) in [6.07, 6.45) is 55.8. The minimum Gasteiger partial charge on any atom is -0.457 e. The van der Waals surface area contributed by atoms with Gasteiger partial charge in [-0.05, 0) is 83.5 Å². The lowest BCUT2D eigenvalue weighted by Gasteiger charge is -2.24. The SMILES string of the molecule is CC/C=C\C/C=C\C/C=C\C/C=C\C/C=C\CCOCC(COP(=O)(O)OCC[N+](C)(C)C)OC(=O)CCCCCCCC/C=C\C/C=C\C/C=C\C/C=C\CC. The minimum atomic E-state index is -4.31. The van der Waals surface area contributed by atoms with E-state index in [-0.39, 0.29) is 32.2 Å². The monoisotopic (exact) mass is 815 g/mol. The average Bonchev–Trinajstić information content (AvgIpc) is 3.16. The molecule has 0 fully saturated rings. The number of unbranched alkanes of at least 4 members (excludes halogenated alkanes) is 6. The van der Waals surface area contributed by atoms with Crippen LogP contribution in [0.2, 0.25) is 0 Å². The Labute approximate surface area is 349 Å². The molecule has 2 unspecified atom stereocenters. The summed E-state index contributed by atoms with van der Waals surface area (Å²) in [4.78, 5) is 22.9. The molecule has 1 N–H and O–H groups in total. The number of hydrogen-bond donors (Lipinski definition) is 1. The van der Waals surface area contributed by atoms with Crippen LogP contribution < -0.4 is 0 Å². The molecular formula is C48H81NO7P+. The van der Waals surface area contributed by atoms with E-state index < -0.39 is 13.9 Å². The van der Waals surface area contributed by atoms with Gasteiger partial charge in [0.15, 0.2) is 0 Å². The van der Waals surface area contributed by atoms with Crippen molar-refractivity contribution in [3.63, 3.8) is 0 Å². The van der Waals surface area contributed by atoms with Crippen LogP contribution in [0.25, 0.3) is 0 Å². The van der Waals surface area contributed by atoms with Crippen LogP contribution in [0.5, 0.6) is 0 Å². The van der Waals surface area contributed by atoms with E-state index in [2.05, 4.69) is 123 Å². The molecular weight excluding hydrogens is 734 g/mol. The quantitative estimate of drug-likeness (QED) is 0.0218. The Hall–Kier alpha value is -2.84. The van der Waals surface area contributed by atoms with Crippen LogP contribution in [0.1, 0.15) is 129 Å². The van der Waals surface area contributed by atoms with Gasteiger partial charge in [-0.15, -0.1) is 0 Å². The summed E-state index contributed by atoms with van der Waals surface area (Å²) in [6.45, 7) is 5.10. The minimum absolute atomic E-state index is 0.0641. The smallest absolute Gasteiger partial charge is 0.457 e. The summed E-state index contributed by atoms with van der Waals surface area (Å²) in [7, 11) is 1.59. The fourth-order valence-corrected chi connectivity index (χ4v) is 5.82. The molecule has 0 bridgehead atoms. The fraction of sp³-hybridized carbons (Fsp3) is 0.604. The van der Waals surface area contributed by atoms with Gasteiger partial charge in [0.05, 0.1) is 41.0 Å². The second-order valence-corrected chi connectivity index (χ2v) is 16.4. The standard InChI is InChI=1S/C48H80NO7P/c1-6-8-10-12-14-16-18-20-22-24-25-26-27-29-31-33-35-37-39-41-48(50)56-47(46-55-57(51,52)54-44-42-49(3,4)5)45-53-43-40-38-36-34-32-30-28-23-21-19-17-15-13-11-9-7-2/h8-11,14-17,20-23,25-26,30,32,36,38,47H,6-7,12-13,18-19,24,27-29,31,33-35,37,39-46H2,1-5H3/p+1/b10-8-,11-9-,16-14-,17-15-,22-20-,23-21-,26-25-,32-30-,38-36-. The maximum Gasteiger partial charge on any atom is 0.472 e. The molecule has 0 amide bonds. The van der Waals surface area contributed by atoms with Gasteiger partial charge in [0.25, 0.3) is 0 Å². The molecule has 0 radical (unpaired) electrons. The molecule has 0 heterocycles. The Morgan fingerprint density at radius 1 is 0.544 bits per heavy atom. The molecule has 0 aliphatic carbocycles. The van der Waals surface area contributed by atoms with Gasteiger partial charge in [0.1, 0.15) is 19.3 Å². The summed E-state index contributed by atoms with van der Waals surface area (Å²) in [5.74, 6) is -0.358. The number of quaternary nitrogens is 1. The molecule has 2 atom stereocenters. The van der Waals surface area contributed by atoms with Gasteiger partial charge in [-0.3, -0.25) is 13.8 Å². The highest BCUT2D eigenvalue weighted by Gasteiger charge is 2.26. The fourth-order valence-electron chi connectivity index (χ4n) is 5.08. The zero-order valence-corrected chi connectivity index (χ0v) is 37.4. The van der Waals surface area contributed by atoms with Crippen LogP contribution >= 0.6 is 7.82 Å². The molecule has 0 spiro atoms. The number of rotatable bonds is 38. The Balaban J connectivity index is 4.41. The summed E-state index contributed by atoms with van der Waals surface area (Å²) < 4.78 is 34.8. The van der Waals surface area contributed by atoms with E-state index >= 15 is 0 Å². The lowest BCUT2D eigenvalue weighted by Crippen LogP contribution is -2.37. The number of likely N-dealkylation sites (N-methyl/N-ethyl adjacent to an activating group) is 1. The third kappa shape index (κ3) is 44.1. The molecule has 0 saturated carbocycles. The van der Waals surface area contributed by atoms with Crippen molar-refractivity contribution < 1.29 is 37.3 Å². The van der Waals surface area contributed by atoms with Gasteiger partial charge < -0.3 is 18.9 Å². The van der Waals surface area contributed by atoms with Crippen molar-refractivity contribution in [3.8, 4) is 0 Å². The number of carbonyl (C=O) groups excluding carboxylic acids is 1. The highest BCUT2D eigenvalue weighted by molar-refractivity contribution is 7.47. The number of ether oxygens (including phenoxy) is 2. The average molecular weight is 815 g/mol. The van der Waals surface area contributed by atoms with Crippen molar-refractivity contribution in [1.29, 1.82) is 0 Å². The van der Waals surface area contributed by atoms with Crippen molar-refractivity contribution in [2.45, 2.75) is 136 Å². The maximum atomic E-state index is 12.7. The zero-order chi connectivity index (χ0) is 42.0. The normalized spacial score (nSPS) is 14.8. The first-order chi connectivity index (χ1) is 27.6. The molecule has 0 saturated heterocycles. The van der Waals surface area contributed by atoms with Crippen molar-refractivity contribution in [1.82, 2.24) is 0 Å². The Morgan fingerprint density at radius 3 is 1.44 bits per heavy atom. The van der Waals surface area contributed by atoms with Gasteiger partial charge in [-0.2, -0.15) is 0 Å². The molecule has 0 aromatic carbocycles. The summed E-state index contributed by atoms with van der Waals surface area (Å²) in [6, 6.07) is 0. The van der Waals surface area contributed by atoms with Crippen molar-refractivity contribution in [2.24, 2.45) is 0 Å². The number of allylic oxidation sites excluding steroid dienone is 17. The first-order valence-electron chi connectivity index (χ1n) is 21.6. The van der Waals surface area contributed by atoms with Crippen molar-refractivity contribution in [2.75, 3.05) is 54.1 Å². The van der Waals surface area contributed by atoms with Gasteiger partial charge in [0, 0.05) is 6.42 Å². The highest BCUT2D eigenvalue weighted by Crippen LogP contribution is 2.43. The molecule has 9 heteroatoms. The topological polar surface area (TPSA) is 91.3 Å². The lowest BCUT2D eigenvalue weighted by molar-refractivity contribution is -0.870. The van der Waals surface area contributed by atoms with E-state index in [9.17, 15) is 14.3 Å². The summed E-state index contributed by atoms with van der Waals surface area (Å²) >= 11 is 0. The molecule has 0 aromatic heterocycles. The molecule has 0 rings (SSSR count). The van der Waals surface area contributed by atoms with Crippen LogP contribution in [0.3, 0.4) is 0 Å². The van der Waals surface area contributed by atoms with E-state index in [1.807, 2.05) is 21.1 Å². The number of hydrogen-bond acceptors (Lipinski definition) is 6. The van der Waals surface area contributed by atoms with E-state index in [4.69, 9.17) is 18.5 Å². The van der Waals surface area contributed by atoms with E-state index in [0.29, 0.717) is 24.1 Å². The Morgan fingerprint density at radius 2 is 0.965 bits per heavy atom. The molecule has 57 heavy (non-hydrogen) atoms. The summed E-state index contributed by atoms with van der Waals surface area (Å²) in [5, 5.41) is 0. The van der Waals surface area contributed by atoms with Crippen LogP contribution in [0, 0.1) is 0 Å². The Kier molecular flexibility index (Phi) is 38.0. The second kappa shape index (κ2) is 40.0. The highest BCUT2D eigenvalue weighted by atomic mass is 31.2. The third-order valence-corrected chi connectivity index (χ3v) is 9.33. The van der Waals surface area contributed by atoms with E-state index in [1.54, 1.807) is 0 Å². The largest absolute Gasteiger partial charge is 0.472 e. The van der Waals surface area contributed by atoms with Crippen LogP contribution in [-0.4, -0.2) is 75.6 Å². The first-order valence-corrected chi connectivity index (χ1v) is 23.1. The predicted molar refractivity (Wildman–Crippen MR) is 242 cm³/mol. The van der Waals surface area contributed by atoms with Crippen LogP contribution in [0.4, 0.5) is 0 Å². The molecule has 8 nitrogen and oxygen atoms in total. The molecule has 324 valence electrons. The lowest BCUT2D eigenvalue weighted by atomic mass is 10.1. The van der Waals surface area contributed by atoms with Gasteiger partial charge in [-0.1, -0.05) is 149 Å². The predicted octanol–water partition coefficient (Wildman–Crippen LogP) is 12.8. The summed E-state index contributed by atoms with van der Waals surface area (Å²) in [5.41, 5.74) is 0. The van der Waals surface area contributed by atoms with Crippen LogP contribution in [0.15, 0.2) is 109 Å². The van der Waals surface area contributed by atoms with Crippen molar-refractivity contribution in [3.05, 3.63) is 109 Å². The van der Waals surface area contributed by atoms with Gasteiger partial charge in [-0.25, -0.2) is 4.57 Å². The molecule has 0 aliphatic heterocycles. The number of phosphoric acid groups is 1. The van der Waals surface area contributed by atoms with Gasteiger partial charge >= 0.3 is 13.8 Å². The third-order valence-electron chi connectivity index (χ3n) is 8.35. The van der Waals surface area contributed by atoms with Crippen molar-refractivity contribution >= 4 is 13.8 Å². The first kappa shape index (κ1) is 54.2. The second-order valence-electron chi connectivity index (χ2n) is 15.0. The number of carbonyl (C=O) groups is 1. The Bertz CT molecular complexity index is 1270. The number of nitrogens with zero attached hydrogens (tertiary/aromatic N) is 1. The maximum absolute atomic E-state index is 12.7. The number of esters is 1. The zero-order valence-electron chi connectivity index (χ0n) is 36.5. The van der Waals surface area contributed by atoms with E-state index in [1.165, 1.54) is 12.8 Å². The van der Waals surface area contributed by atoms with Gasteiger partial charge in [0.2, 0.25) is 0 Å². The number of phosphoric ester groups is 1.